The van der Waals surface area contributed by atoms with Gasteiger partial charge in [-0.1, -0.05) is 0 Å². The van der Waals surface area contributed by atoms with E-state index in [1.807, 2.05) is 0 Å². The maximum absolute atomic E-state index is 4.94. The molecule has 0 saturated carbocycles. The summed E-state index contributed by atoms with van der Waals surface area (Å²) in [6.45, 7) is 6.74. The van der Waals surface area contributed by atoms with Crippen LogP contribution in [0.4, 0.5) is 0 Å². The van der Waals surface area contributed by atoms with Crippen LogP contribution in [0.1, 0.15) is 12.8 Å². The standard InChI is InChI=1S/C5H12N2.C4H8O/c1-7-4-2-6-3-5-7;1-2-4-5-3-1/h6H,2-5H2,1H3;1-4H2. The van der Waals surface area contributed by atoms with Crippen LogP contribution in [0.2, 0.25) is 0 Å². The van der Waals surface area contributed by atoms with Crippen LogP contribution >= 0.6 is 0 Å². The Hall–Kier alpha value is -0.120. The van der Waals surface area contributed by atoms with E-state index < -0.39 is 0 Å². The number of nitrogens with one attached hydrogen (secondary N) is 1. The second-order valence-electron chi connectivity index (χ2n) is 3.37. The van der Waals surface area contributed by atoms with Crippen molar-refractivity contribution in [2.45, 2.75) is 12.8 Å². The second kappa shape index (κ2) is 6.40. The first-order chi connectivity index (χ1) is 5.89. The molecule has 0 unspecified atom stereocenters. The van der Waals surface area contributed by atoms with Gasteiger partial charge in [-0.05, 0) is 19.9 Å². The number of piperazine rings is 1. The molecule has 0 bridgehead atoms. The van der Waals surface area contributed by atoms with E-state index in [0.717, 1.165) is 26.3 Å². The summed E-state index contributed by atoms with van der Waals surface area (Å²) in [5.41, 5.74) is 0. The monoisotopic (exact) mass is 172 g/mol. The van der Waals surface area contributed by atoms with Crippen LogP contribution in [0.3, 0.4) is 0 Å². The van der Waals surface area contributed by atoms with Crippen LogP contribution in [0.25, 0.3) is 0 Å². The molecule has 72 valence electrons. The Bertz CT molecular complexity index is 91.1. The highest BCUT2D eigenvalue weighted by Crippen LogP contribution is 1.98. The Balaban J connectivity index is 0.000000127. The summed E-state index contributed by atoms with van der Waals surface area (Å²) in [6, 6.07) is 0. The van der Waals surface area contributed by atoms with Crippen molar-refractivity contribution in [3.8, 4) is 0 Å². The summed E-state index contributed by atoms with van der Waals surface area (Å²) in [6.07, 6.45) is 2.56. The van der Waals surface area contributed by atoms with Crippen molar-refractivity contribution < 1.29 is 4.74 Å². The molecule has 0 aromatic heterocycles. The summed E-state index contributed by atoms with van der Waals surface area (Å²) < 4.78 is 4.94. The minimum absolute atomic E-state index is 1.00. The van der Waals surface area contributed by atoms with Crippen LogP contribution in [0, 0.1) is 0 Å². The molecule has 2 rings (SSSR count). The van der Waals surface area contributed by atoms with Gasteiger partial charge >= 0.3 is 0 Å². The van der Waals surface area contributed by atoms with Crippen LogP contribution in [0.15, 0.2) is 0 Å². The maximum atomic E-state index is 4.94. The van der Waals surface area contributed by atoms with Crippen molar-refractivity contribution in [1.29, 1.82) is 0 Å². The van der Waals surface area contributed by atoms with Gasteiger partial charge in [0.2, 0.25) is 0 Å². The first-order valence-corrected chi connectivity index (χ1v) is 4.86. The SMILES string of the molecule is C1CCOC1.CN1CCNCC1. The molecule has 0 aromatic rings. The molecule has 0 atom stereocenters. The van der Waals surface area contributed by atoms with Crippen molar-refractivity contribution >= 4 is 0 Å². The number of rotatable bonds is 0. The summed E-state index contributed by atoms with van der Waals surface area (Å²) in [5, 5.41) is 3.27. The summed E-state index contributed by atoms with van der Waals surface area (Å²) in [7, 11) is 2.15. The van der Waals surface area contributed by atoms with Gasteiger partial charge in [-0.25, -0.2) is 0 Å². The summed E-state index contributed by atoms with van der Waals surface area (Å²) >= 11 is 0. The van der Waals surface area contributed by atoms with Crippen molar-refractivity contribution in [2.24, 2.45) is 0 Å². The van der Waals surface area contributed by atoms with Gasteiger partial charge in [0.05, 0.1) is 0 Å². The van der Waals surface area contributed by atoms with Gasteiger partial charge in [-0.2, -0.15) is 0 Å². The first-order valence-electron chi connectivity index (χ1n) is 4.86. The van der Waals surface area contributed by atoms with Crippen molar-refractivity contribution in [3.63, 3.8) is 0 Å². The molecule has 2 aliphatic heterocycles. The highest BCUT2D eigenvalue weighted by atomic mass is 16.5. The number of hydrogen-bond donors (Lipinski definition) is 1. The van der Waals surface area contributed by atoms with E-state index in [-0.39, 0.29) is 0 Å². The molecule has 1 N–H and O–H groups in total. The summed E-state index contributed by atoms with van der Waals surface area (Å²) in [4.78, 5) is 2.33. The van der Waals surface area contributed by atoms with E-state index in [1.54, 1.807) is 0 Å². The summed E-state index contributed by atoms with van der Waals surface area (Å²) in [5.74, 6) is 0. The van der Waals surface area contributed by atoms with Gasteiger partial charge in [0, 0.05) is 39.4 Å². The van der Waals surface area contributed by atoms with E-state index in [9.17, 15) is 0 Å². The highest BCUT2D eigenvalue weighted by molar-refractivity contribution is 4.62. The Kier molecular flexibility index (Phi) is 5.32. The van der Waals surface area contributed by atoms with Crippen LogP contribution in [-0.2, 0) is 4.74 Å². The predicted molar refractivity (Wildman–Crippen MR) is 50.4 cm³/mol. The number of ether oxygens (including phenoxy) is 1. The molecule has 2 saturated heterocycles. The average molecular weight is 172 g/mol. The quantitative estimate of drug-likeness (QED) is 0.569. The van der Waals surface area contributed by atoms with Gasteiger partial charge in [0.1, 0.15) is 0 Å². The van der Waals surface area contributed by atoms with E-state index in [0.29, 0.717) is 0 Å². The Morgan fingerprint density at radius 1 is 1.08 bits per heavy atom. The normalized spacial score (nSPS) is 24.8. The van der Waals surface area contributed by atoms with Gasteiger partial charge in [-0.3, -0.25) is 0 Å². The van der Waals surface area contributed by atoms with E-state index in [1.165, 1.54) is 25.9 Å². The Labute approximate surface area is 75.1 Å². The maximum Gasteiger partial charge on any atom is 0.0466 e. The Morgan fingerprint density at radius 3 is 1.92 bits per heavy atom. The fourth-order valence-electron chi connectivity index (χ4n) is 1.29. The molecule has 3 nitrogen and oxygen atoms in total. The van der Waals surface area contributed by atoms with Gasteiger partial charge in [-0.15, -0.1) is 0 Å². The topological polar surface area (TPSA) is 24.5 Å². The lowest BCUT2D eigenvalue weighted by Crippen LogP contribution is -2.40. The van der Waals surface area contributed by atoms with Crippen molar-refractivity contribution in [2.75, 3.05) is 46.4 Å². The van der Waals surface area contributed by atoms with Gasteiger partial charge in [0.15, 0.2) is 0 Å². The smallest absolute Gasteiger partial charge is 0.0466 e. The van der Waals surface area contributed by atoms with Gasteiger partial charge < -0.3 is 15.0 Å². The fourth-order valence-corrected chi connectivity index (χ4v) is 1.29. The zero-order valence-electron chi connectivity index (χ0n) is 8.01. The van der Waals surface area contributed by atoms with E-state index in [2.05, 4.69) is 17.3 Å². The van der Waals surface area contributed by atoms with E-state index in [4.69, 9.17) is 4.74 Å². The third kappa shape index (κ3) is 4.70. The van der Waals surface area contributed by atoms with Crippen molar-refractivity contribution in [3.05, 3.63) is 0 Å². The van der Waals surface area contributed by atoms with Crippen LogP contribution in [0.5, 0.6) is 0 Å². The molecule has 12 heavy (non-hydrogen) atoms. The molecule has 0 radical (unpaired) electrons. The number of hydrogen-bond acceptors (Lipinski definition) is 3. The van der Waals surface area contributed by atoms with Crippen LogP contribution < -0.4 is 5.32 Å². The molecule has 2 aliphatic rings. The molecular formula is C9H20N2O. The average Bonchev–Trinajstić information content (AvgIpc) is 2.62. The fraction of sp³-hybridized carbons (Fsp3) is 1.00. The zero-order chi connectivity index (χ0) is 8.65. The van der Waals surface area contributed by atoms with Gasteiger partial charge in [0.25, 0.3) is 0 Å². The lowest BCUT2D eigenvalue weighted by atomic mass is 10.4. The van der Waals surface area contributed by atoms with Crippen LogP contribution in [-0.4, -0.2) is 51.3 Å². The minimum atomic E-state index is 1.00. The molecular weight excluding hydrogens is 152 g/mol. The molecule has 0 spiro atoms. The number of likely N-dealkylation sites (N-methyl/N-ethyl adjacent to an activating group) is 1. The molecule has 3 heteroatoms. The lowest BCUT2D eigenvalue weighted by molar-refractivity contribution is 0.198. The van der Waals surface area contributed by atoms with Crippen molar-refractivity contribution in [1.82, 2.24) is 10.2 Å². The molecule has 0 amide bonds. The minimum Gasteiger partial charge on any atom is -0.381 e. The zero-order valence-corrected chi connectivity index (χ0v) is 8.01. The molecule has 0 aliphatic carbocycles. The highest BCUT2D eigenvalue weighted by Gasteiger charge is 2.01. The van der Waals surface area contributed by atoms with E-state index >= 15 is 0 Å². The number of nitrogens with zero attached hydrogens (tertiary/aromatic N) is 1. The second-order valence-corrected chi connectivity index (χ2v) is 3.37. The Morgan fingerprint density at radius 2 is 1.67 bits per heavy atom. The largest absolute Gasteiger partial charge is 0.381 e. The molecule has 0 aromatic carbocycles. The predicted octanol–water partition coefficient (Wildman–Crippen LogP) is 0.318. The molecule has 2 fully saturated rings. The third-order valence-electron chi connectivity index (χ3n) is 2.17. The third-order valence-corrected chi connectivity index (χ3v) is 2.17. The molecule has 2 heterocycles. The first kappa shape index (κ1) is 9.96. The lowest BCUT2D eigenvalue weighted by Gasteiger charge is -2.21.